The molecular formula is C23H29N2O5P. The van der Waals surface area contributed by atoms with Crippen LogP contribution < -0.4 is 15.9 Å². The summed E-state index contributed by atoms with van der Waals surface area (Å²) in [5, 5.41) is 5.02. The van der Waals surface area contributed by atoms with Crippen LogP contribution in [0.3, 0.4) is 0 Å². The molecule has 166 valence electrons. The maximum absolute atomic E-state index is 12.7. The molecule has 0 bridgehead atoms. The van der Waals surface area contributed by atoms with E-state index in [0.717, 1.165) is 52.9 Å². The Hall–Kier alpha value is -2.31. The van der Waals surface area contributed by atoms with E-state index in [1.54, 1.807) is 0 Å². The molecule has 0 saturated heterocycles. The first-order chi connectivity index (χ1) is 14.9. The van der Waals surface area contributed by atoms with Gasteiger partial charge >= 0.3 is 7.82 Å². The number of rotatable bonds is 10. The van der Waals surface area contributed by atoms with Crippen molar-refractivity contribution < 1.29 is 23.3 Å². The predicted octanol–water partition coefficient (Wildman–Crippen LogP) is 2.61. The number of carbonyl (C=O) groups is 1. The number of hydrogen-bond acceptors (Lipinski definition) is 5. The number of fused-ring (bicyclic) bond motifs is 1. The first-order valence-corrected chi connectivity index (χ1v) is 12.0. The van der Waals surface area contributed by atoms with Crippen molar-refractivity contribution in [2.75, 3.05) is 20.3 Å². The topological polar surface area (TPSA) is 97.8 Å². The molecule has 2 aromatic rings. The van der Waals surface area contributed by atoms with Gasteiger partial charge in [0.2, 0.25) is 5.91 Å². The van der Waals surface area contributed by atoms with Gasteiger partial charge in [0.05, 0.1) is 18.4 Å². The number of nitrogens with one attached hydrogen (secondary N) is 1. The van der Waals surface area contributed by atoms with Gasteiger partial charge in [0, 0.05) is 24.6 Å². The largest absolute Gasteiger partial charge is 0.471 e. The molecule has 2 N–H and O–H groups in total. The molecule has 1 aliphatic carbocycles. The Morgan fingerprint density at radius 1 is 1.19 bits per heavy atom. The first kappa shape index (κ1) is 23.4. The van der Waals surface area contributed by atoms with E-state index in [2.05, 4.69) is 34.1 Å². The summed E-state index contributed by atoms with van der Waals surface area (Å²) in [5.74, 6) is -0.0764. The third-order valence-corrected chi connectivity index (χ3v) is 6.17. The number of hydrogen-bond donors (Lipinski definition) is 2. The molecule has 7 nitrogen and oxygen atoms in total. The number of phosphoric ester groups is 1. The molecule has 0 spiro atoms. The zero-order valence-corrected chi connectivity index (χ0v) is 18.9. The summed E-state index contributed by atoms with van der Waals surface area (Å²) in [4.78, 5) is 26.6. The Bertz CT molecular complexity index is 1090. The second-order valence-corrected chi connectivity index (χ2v) is 8.98. The summed E-state index contributed by atoms with van der Waals surface area (Å²) in [6.07, 6.45) is 7.73. The second-order valence-electron chi connectivity index (χ2n) is 7.42. The summed E-state index contributed by atoms with van der Waals surface area (Å²) < 4.78 is 20.4. The SMILES string of the molecule is COP(=O)(O)OCCCCNC(=O)Cc1c(C)nc2c(c1-c1ccccc1)=CCCC=2. The highest BCUT2D eigenvalue weighted by Gasteiger charge is 2.18. The quantitative estimate of drug-likeness (QED) is 0.432. The van der Waals surface area contributed by atoms with Crippen LogP contribution in [-0.4, -0.2) is 36.0 Å². The Kier molecular flexibility index (Phi) is 8.15. The third-order valence-electron chi connectivity index (χ3n) is 5.20. The number of amides is 1. The fraction of sp³-hybridized carbons (Fsp3) is 0.391. The van der Waals surface area contributed by atoms with E-state index >= 15 is 0 Å². The van der Waals surface area contributed by atoms with E-state index in [9.17, 15) is 14.3 Å². The Morgan fingerprint density at radius 3 is 2.68 bits per heavy atom. The Morgan fingerprint density at radius 2 is 1.94 bits per heavy atom. The van der Waals surface area contributed by atoms with Crippen LogP contribution in [0.5, 0.6) is 0 Å². The van der Waals surface area contributed by atoms with Gasteiger partial charge in [-0.05, 0) is 49.3 Å². The second kappa shape index (κ2) is 10.8. The van der Waals surface area contributed by atoms with Crippen molar-refractivity contribution in [1.29, 1.82) is 0 Å². The van der Waals surface area contributed by atoms with Crippen LogP contribution in [0.2, 0.25) is 0 Å². The highest BCUT2D eigenvalue weighted by molar-refractivity contribution is 7.47. The molecule has 1 aliphatic rings. The number of aromatic nitrogens is 1. The molecule has 1 unspecified atom stereocenters. The van der Waals surface area contributed by atoms with Crippen LogP contribution in [0.4, 0.5) is 0 Å². The summed E-state index contributed by atoms with van der Waals surface area (Å²) in [6.45, 7) is 2.51. The Balaban J connectivity index is 1.69. The van der Waals surface area contributed by atoms with Crippen LogP contribution >= 0.6 is 7.82 Å². The molecule has 8 heteroatoms. The summed E-state index contributed by atoms with van der Waals surface area (Å²) in [7, 11) is -2.81. The minimum Gasteiger partial charge on any atom is -0.356 e. The lowest BCUT2D eigenvalue weighted by Gasteiger charge is -2.16. The number of carbonyl (C=O) groups excluding carboxylic acids is 1. The predicted molar refractivity (Wildman–Crippen MR) is 121 cm³/mol. The minimum atomic E-state index is -3.94. The van der Waals surface area contributed by atoms with Crippen molar-refractivity contribution in [2.24, 2.45) is 0 Å². The highest BCUT2D eigenvalue weighted by atomic mass is 31.2. The van der Waals surface area contributed by atoms with Gasteiger partial charge in [-0.25, -0.2) is 4.57 Å². The van der Waals surface area contributed by atoms with Crippen LogP contribution in [0.15, 0.2) is 30.3 Å². The summed E-state index contributed by atoms with van der Waals surface area (Å²) in [5.41, 5.74) is 3.98. The van der Waals surface area contributed by atoms with E-state index in [-0.39, 0.29) is 18.9 Å². The van der Waals surface area contributed by atoms with Crippen molar-refractivity contribution in [1.82, 2.24) is 10.3 Å². The monoisotopic (exact) mass is 444 g/mol. The van der Waals surface area contributed by atoms with Gasteiger partial charge in [0.25, 0.3) is 0 Å². The van der Waals surface area contributed by atoms with Gasteiger partial charge in [-0.2, -0.15) is 0 Å². The van der Waals surface area contributed by atoms with Crippen molar-refractivity contribution in [3.05, 3.63) is 52.2 Å². The van der Waals surface area contributed by atoms with Crippen molar-refractivity contribution >= 4 is 25.9 Å². The van der Waals surface area contributed by atoms with Gasteiger partial charge in [0.15, 0.2) is 0 Å². The number of unbranched alkanes of at least 4 members (excludes halogenated alkanes) is 1. The van der Waals surface area contributed by atoms with Gasteiger partial charge in [-0.15, -0.1) is 0 Å². The normalized spacial score (nSPS) is 14.7. The molecule has 1 aromatic heterocycles. The molecule has 0 fully saturated rings. The number of benzene rings is 1. The van der Waals surface area contributed by atoms with E-state index in [4.69, 9.17) is 9.51 Å². The molecule has 0 saturated carbocycles. The molecule has 1 atom stereocenters. The Labute approximate surface area is 182 Å². The molecule has 0 aliphatic heterocycles. The number of aryl methyl sites for hydroxylation is 1. The first-order valence-electron chi connectivity index (χ1n) is 10.5. The van der Waals surface area contributed by atoms with Crippen LogP contribution in [0.25, 0.3) is 23.3 Å². The zero-order chi connectivity index (χ0) is 22.3. The van der Waals surface area contributed by atoms with Crippen LogP contribution in [0, 0.1) is 6.92 Å². The molecule has 31 heavy (non-hydrogen) atoms. The van der Waals surface area contributed by atoms with Crippen molar-refractivity contribution in [3.63, 3.8) is 0 Å². The lowest BCUT2D eigenvalue weighted by atomic mass is 9.92. The summed E-state index contributed by atoms with van der Waals surface area (Å²) >= 11 is 0. The zero-order valence-electron chi connectivity index (χ0n) is 18.0. The van der Waals surface area contributed by atoms with Crippen LogP contribution in [-0.2, 0) is 24.8 Å². The fourth-order valence-corrected chi connectivity index (χ4v) is 4.12. The number of phosphoric acid groups is 1. The maximum atomic E-state index is 12.7. The lowest BCUT2D eigenvalue weighted by molar-refractivity contribution is -0.120. The molecule has 1 heterocycles. The van der Waals surface area contributed by atoms with Crippen LogP contribution in [0.1, 0.15) is 36.9 Å². The maximum Gasteiger partial charge on any atom is 0.471 e. The molecular weight excluding hydrogens is 415 g/mol. The lowest BCUT2D eigenvalue weighted by Crippen LogP contribution is -2.35. The van der Waals surface area contributed by atoms with Gasteiger partial charge in [0.1, 0.15) is 0 Å². The number of pyridine rings is 1. The van der Waals surface area contributed by atoms with Gasteiger partial charge < -0.3 is 10.2 Å². The molecule has 0 radical (unpaired) electrons. The van der Waals surface area contributed by atoms with Gasteiger partial charge in [-0.1, -0.05) is 42.5 Å². The summed E-state index contributed by atoms with van der Waals surface area (Å²) in [6, 6.07) is 10.1. The van der Waals surface area contributed by atoms with Gasteiger partial charge in [-0.3, -0.25) is 18.8 Å². The average Bonchev–Trinajstić information content (AvgIpc) is 2.77. The number of nitrogens with zero attached hydrogens (tertiary/aromatic N) is 1. The van der Waals surface area contributed by atoms with Crippen molar-refractivity contribution in [2.45, 2.75) is 39.0 Å². The van der Waals surface area contributed by atoms with Crippen molar-refractivity contribution in [3.8, 4) is 11.1 Å². The van der Waals surface area contributed by atoms with E-state index in [0.29, 0.717) is 19.4 Å². The average molecular weight is 444 g/mol. The fourth-order valence-electron chi connectivity index (χ4n) is 3.65. The smallest absolute Gasteiger partial charge is 0.356 e. The van der Waals surface area contributed by atoms with E-state index in [1.807, 2.05) is 25.1 Å². The van der Waals surface area contributed by atoms with E-state index < -0.39 is 7.82 Å². The molecule has 3 rings (SSSR count). The highest BCUT2D eigenvalue weighted by Crippen LogP contribution is 2.41. The van der Waals surface area contributed by atoms with E-state index in [1.165, 1.54) is 0 Å². The minimum absolute atomic E-state index is 0.0764. The molecule has 1 amide bonds. The standard InChI is InChI=1S/C23H29N2O5P/c1-17-20(16-22(26)24-14-8-9-15-30-31(27,28)29-2)23(18-10-4-3-5-11-18)19-12-6-7-13-21(19)25-17/h3-5,10-13H,6-9,14-16H2,1-2H3,(H,24,26)(H,27,28). The third kappa shape index (κ3) is 6.34. The molecule has 1 aromatic carbocycles.